The molecule has 2 aromatic rings. The summed E-state index contributed by atoms with van der Waals surface area (Å²) in [6.45, 7) is 2.86. The molecule has 0 N–H and O–H groups in total. The van der Waals surface area contributed by atoms with Gasteiger partial charge >= 0.3 is 0 Å². The van der Waals surface area contributed by atoms with Crippen LogP contribution in [0.4, 0.5) is 0 Å². The molecule has 0 unspecified atom stereocenters. The number of nitrogens with zero attached hydrogens (tertiary/aromatic N) is 3. The Morgan fingerprint density at radius 1 is 0.963 bits per heavy atom. The number of rotatable bonds is 7. The minimum Gasteiger partial charge on any atom is -0.370 e. The topological polar surface area (TPSA) is 76.5 Å². The van der Waals surface area contributed by atoms with E-state index in [0.29, 0.717) is 13.2 Å². The fourth-order valence-electron chi connectivity index (χ4n) is 3.08. The lowest BCUT2D eigenvalue weighted by molar-refractivity contribution is -0.194. The second kappa shape index (κ2) is 10.1. The molecule has 0 spiro atoms. The van der Waals surface area contributed by atoms with Gasteiger partial charge in [-0.15, -0.1) is 0 Å². The summed E-state index contributed by atoms with van der Waals surface area (Å²) in [5, 5.41) is 3.79. The number of hydrogen-bond donors (Lipinski definition) is 0. The summed E-state index contributed by atoms with van der Waals surface area (Å²) in [6, 6.07) is 20.0. The standard InChI is InChI=1S/C20H22IN3O3/c1-14-18(25-12-15-8-4-2-5-9-15)19(17(21)20(27-14)23-24-22)26-13-16-10-6-3-7-11-16/h2-11,14,17-20H,12-13H2,1H3/t14-,17-,18-,19-,20-/m0/s1. The number of benzene rings is 2. The monoisotopic (exact) mass is 479 g/mol. The summed E-state index contributed by atoms with van der Waals surface area (Å²) in [6.07, 6.45) is -1.35. The first kappa shape index (κ1) is 20.1. The molecular weight excluding hydrogens is 457 g/mol. The first-order valence-corrected chi connectivity index (χ1v) is 10.1. The van der Waals surface area contributed by atoms with Gasteiger partial charge in [0.15, 0.2) is 6.23 Å². The Bertz CT molecular complexity index is 756. The maximum Gasteiger partial charge on any atom is 0.151 e. The summed E-state index contributed by atoms with van der Waals surface area (Å²) in [5.41, 5.74) is 11.0. The van der Waals surface area contributed by atoms with Crippen LogP contribution in [0.15, 0.2) is 65.8 Å². The van der Waals surface area contributed by atoms with Crippen molar-refractivity contribution in [3.05, 3.63) is 82.2 Å². The lowest BCUT2D eigenvalue weighted by atomic mass is 10.0. The first-order chi connectivity index (χ1) is 13.2. The molecule has 1 aliphatic rings. The van der Waals surface area contributed by atoms with Gasteiger partial charge in [-0.2, -0.15) is 0 Å². The van der Waals surface area contributed by atoms with Crippen molar-refractivity contribution < 1.29 is 14.2 Å². The first-order valence-electron chi connectivity index (χ1n) is 8.84. The maximum absolute atomic E-state index is 8.84. The summed E-state index contributed by atoms with van der Waals surface area (Å²) in [5.74, 6) is 0. The van der Waals surface area contributed by atoms with E-state index in [-0.39, 0.29) is 22.2 Å². The van der Waals surface area contributed by atoms with Crippen molar-refractivity contribution in [3.8, 4) is 0 Å². The van der Waals surface area contributed by atoms with Crippen molar-refractivity contribution in [1.29, 1.82) is 0 Å². The second-order valence-electron chi connectivity index (χ2n) is 6.40. The molecule has 5 atom stereocenters. The molecular formula is C20H22IN3O3. The van der Waals surface area contributed by atoms with Gasteiger partial charge in [-0.3, -0.25) is 0 Å². The SMILES string of the molecule is C[C@@H]1O[C@H](N=[N+]=[N-])[C@@H](I)[C@H](OCc2ccccc2)[C@H]1OCc1ccccc1. The molecule has 0 aromatic heterocycles. The number of azide groups is 1. The molecule has 0 radical (unpaired) electrons. The highest BCUT2D eigenvalue weighted by Gasteiger charge is 2.44. The second-order valence-corrected chi connectivity index (χ2v) is 7.84. The van der Waals surface area contributed by atoms with Crippen molar-refractivity contribution in [2.45, 2.75) is 48.6 Å². The highest BCUT2D eigenvalue weighted by Crippen LogP contribution is 2.32. The molecule has 27 heavy (non-hydrogen) atoms. The van der Waals surface area contributed by atoms with Gasteiger partial charge < -0.3 is 14.2 Å². The Hall–Kier alpha value is -1.64. The number of halogens is 1. The van der Waals surface area contributed by atoms with E-state index in [4.69, 9.17) is 19.7 Å². The van der Waals surface area contributed by atoms with Gasteiger partial charge in [-0.1, -0.05) is 88.4 Å². The molecule has 142 valence electrons. The van der Waals surface area contributed by atoms with Crippen LogP contribution in [0, 0.1) is 0 Å². The molecule has 0 saturated carbocycles. The minimum atomic E-state index is -0.581. The van der Waals surface area contributed by atoms with Crippen molar-refractivity contribution >= 4 is 22.6 Å². The Balaban J connectivity index is 1.73. The smallest absolute Gasteiger partial charge is 0.151 e. The molecule has 7 heteroatoms. The third-order valence-corrected chi connectivity index (χ3v) is 5.79. The summed E-state index contributed by atoms with van der Waals surface area (Å²) < 4.78 is 18.2. The largest absolute Gasteiger partial charge is 0.370 e. The van der Waals surface area contributed by atoms with Gasteiger partial charge in [-0.25, -0.2) is 0 Å². The molecule has 1 heterocycles. The highest BCUT2D eigenvalue weighted by molar-refractivity contribution is 14.1. The van der Waals surface area contributed by atoms with Crippen molar-refractivity contribution in [2.24, 2.45) is 5.11 Å². The summed E-state index contributed by atoms with van der Waals surface area (Å²) >= 11 is 2.23. The third kappa shape index (κ3) is 5.43. The lowest BCUT2D eigenvalue weighted by Gasteiger charge is -2.42. The van der Waals surface area contributed by atoms with E-state index in [9.17, 15) is 0 Å². The van der Waals surface area contributed by atoms with Crippen molar-refractivity contribution in [3.63, 3.8) is 0 Å². The Kier molecular flexibility index (Phi) is 7.49. The van der Waals surface area contributed by atoms with E-state index in [0.717, 1.165) is 11.1 Å². The van der Waals surface area contributed by atoms with E-state index in [1.54, 1.807) is 0 Å². The van der Waals surface area contributed by atoms with Crippen LogP contribution in [0.1, 0.15) is 18.1 Å². The summed E-state index contributed by atoms with van der Waals surface area (Å²) in [4.78, 5) is 2.91. The van der Waals surface area contributed by atoms with Crippen LogP contribution in [0.25, 0.3) is 10.4 Å². The highest BCUT2D eigenvalue weighted by atomic mass is 127. The molecule has 1 fully saturated rings. The molecule has 6 nitrogen and oxygen atoms in total. The Morgan fingerprint density at radius 2 is 1.48 bits per heavy atom. The van der Waals surface area contributed by atoms with Gasteiger partial charge in [-0.05, 0) is 23.6 Å². The summed E-state index contributed by atoms with van der Waals surface area (Å²) in [7, 11) is 0. The van der Waals surface area contributed by atoms with Crippen molar-refractivity contribution in [2.75, 3.05) is 0 Å². The predicted octanol–water partition coefficient (Wildman–Crippen LogP) is 5.02. The maximum atomic E-state index is 8.84. The number of hydrogen-bond acceptors (Lipinski definition) is 4. The Labute approximate surface area is 172 Å². The van der Waals surface area contributed by atoms with Crippen LogP contribution in [-0.2, 0) is 27.4 Å². The van der Waals surface area contributed by atoms with Gasteiger partial charge in [0, 0.05) is 4.91 Å². The quantitative estimate of drug-likeness (QED) is 0.184. The van der Waals surface area contributed by atoms with Crippen LogP contribution < -0.4 is 0 Å². The zero-order valence-electron chi connectivity index (χ0n) is 15.0. The Morgan fingerprint density at radius 3 is 2.00 bits per heavy atom. The molecule has 3 rings (SSSR count). The van der Waals surface area contributed by atoms with Gasteiger partial charge in [0.2, 0.25) is 0 Å². The van der Waals surface area contributed by atoms with E-state index in [1.165, 1.54) is 0 Å². The van der Waals surface area contributed by atoms with Gasteiger partial charge in [0.05, 0.1) is 23.2 Å². The normalized spacial score (nSPS) is 27.7. The van der Waals surface area contributed by atoms with Crippen LogP contribution in [0.5, 0.6) is 0 Å². The molecule has 0 aliphatic carbocycles. The van der Waals surface area contributed by atoms with Gasteiger partial charge in [0.25, 0.3) is 0 Å². The van der Waals surface area contributed by atoms with Crippen LogP contribution in [0.3, 0.4) is 0 Å². The average Bonchev–Trinajstić information content (AvgIpc) is 2.70. The molecule has 0 bridgehead atoms. The lowest BCUT2D eigenvalue weighted by Crippen LogP contribution is -2.55. The fraction of sp³-hybridized carbons (Fsp3) is 0.400. The van der Waals surface area contributed by atoms with E-state index in [1.807, 2.05) is 67.6 Å². The number of alkyl halides is 1. The van der Waals surface area contributed by atoms with E-state index >= 15 is 0 Å². The molecule has 0 amide bonds. The fourth-order valence-corrected chi connectivity index (χ4v) is 4.01. The number of ether oxygens (including phenoxy) is 3. The zero-order valence-corrected chi connectivity index (χ0v) is 17.2. The van der Waals surface area contributed by atoms with E-state index < -0.39 is 6.23 Å². The van der Waals surface area contributed by atoms with E-state index in [2.05, 4.69) is 32.6 Å². The predicted molar refractivity (Wildman–Crippen MR) is 111 cm³/mol. The molecule has 2 aromatic carbocycles. The van der Waals surface area contributed by atoms with Crippen LogP contribution >= 0.6 is 22.6 Å². The third-order valence-electron chi connectivity index (χ3n) is 4.46. The minimum absolute atomic E-state index is 0.154. The molecule has 1 saturated heterocycles. The zero-order chi connectivity index (χ0) is 19.1. The van der Waals surface area contributed by atoms with Crippen LogP contribution in [-0.4, -0.2) is 28.5 Å². The average molecular weight is 479 g/mol. The van der Waals surface area contributed by atoms with Crippen LogP contribution in [0.2, 0.25) is 0 Å². The van der Waals surface area contributed by atoms with Crippen molar-refractivity contribution in [1.82, 2.24) is 0 Å². The van der Waals surface area contributed by atoms with Gasteiger partial charge in [0.1, 0.15) is 12.2 Å². The molecule has 1 aliphatic heterocycles.